The van der Waals surface area contributed by atoms with E-state index in [1.54, 1.807) is 11.6 Å². The van der Waals surface area contributed by atoms with Crippen LogP contribution in [0.15, 0.2) is 48.5 Å². The van der Waals surface area contributed by atoms with Gasteiger partial charge in [0.1, 0.15) is 5.75 Å². The van der Waals surface area contributed by atoms with Gasteiger partial charge in [0.2, 0.25) is 10.8 Å². The van der Waals surface area contributed by atoms with Crippen molar-refractivity contribution in [2.24, 2.45) is 0 Å². The molecule has 1 aliphatic heterocycles. The van der Waals surface area contributed by atoms with Crippen LogP contribution in [-0.4, -0.2) is 57.9 Å². The van der Waals surface area contributed by atoms with E-state index in [2.05, 4.69) is 32.0 Å². The summed E-state index contributed by atoms with van der Waals surface area (Å²) in [6, 6.07) is 15.9. The molecule has 0 unspecified atom stereocenters. The number of aromatic hydroxyl groups is 1. The molecule has 0 aliphatic carbocycles. The Morgan fingerprint density at radius 2 is 1.91 bits per heavy atom. The Bertz CT molecular complexity index is 1260. The number of methoxy groups -OCH3 is 1. The molecule has 1 aliphatic rings. The van der Waals surface area contributed by atoms with Crippen LogP contribution in [0.4, 0.5) is 5.69 Å². The highest BCUT2D eigenvalue weighted by atomic mass is 35.5. The van der Waals surface area contributed by atoms with Gasteiger partial charge in [-0.25, -0.2) is 4.98 Å². The van der Waals surface area contributed by atoms with Crippen molar-refractivity contribution in [1.29, 1.82) is 0 Å². The Kier molecular flexibility index (Phi) is 6.14. The molecule has 9 heteroatoms. The molecule has 5 rings (SSSR count). The van der Waals surface area contributed by atoms with Crippen LogP contribution in [0.2, 0.25) is 5.02 Å². The highest BCUT2D eigenvalue weighted by molar-refractivity contribution is 7.17. The number of ether oxygens (including phenoxy) is 1. The molecule has 0 radical (unpaired) electrons. The Hall–Kier alpha value is -2.81. The lowest BCUT2D eigenvalue weighted by atomic mass is 10.0. The number of rotatable bonds is 6. The molecule has 1 atom stereocenters. The van der Waals surface area contributed by atoms with E-state index >= 15 is 0 Å². The summed E-state index contributed by atoms with van der Waals surface area (Å²) in [6.07, 6.45) is 0.730. The fourth-order valence-corrected chi connectivity index (χ4v) is 5.69. The normalized spacial score (nSPS) is 15.8. The van der Waals surface area contributed by atoms with E-state index in [0.29, 0.717) is 4.96 Å². The molecule has 4 aromatic rings. The van der Waals surface area contributed by atoms with E-state index < -0.39 is 0 Å². The lowest BCUT2D eigenvalue weighted by Crippen LogP contribution is -2.47. The third kappa shape index (κ3) is 4.26. The lowest BCUT2D eigenvalue weighted by Gasteiger charge is -2.40. The molecule has 172 valence electrons. The van der Waals surface area contributed by atoms with Gasteiger partial charge in [-0.05, 0) is 35.9 Å². The van der Waals surface area contributed by atoms with Gasteiger partial charge >= 0.3 is 0 Å². The summed E-state index contributed by atoms with van der Waals surface area (Å²) >= 11 is 7.70. The molecular formula is C24H26ClN5O2S. The van der Waals surface area contributed by atoms with Crippen molar-refractivity contribution >= 4 is 33.6 Å². The molecular weight excluding hydrogens is 458 g/mol. The summed E-state index contributed by atoms with van der Waals surface area (Å²) in [7, 11) is 1.67. The number of benzene rings is 2. The SMILES string of the molecule is CCc1nc2sc([C@@H](c3cccc(OC)c3)N3CCN(c4cccc(Cl)c4)CC3)c(O)n2n1. The van der Waals surface area contributed by atoms with Gasteiger partial charge in [-0.3, -0.25) is 4.90 Å². The van der Waals surface area contributed by atoms with E-state index in [0.717, 1.165) is 65.3 Å². The fraction of sp³-hybridized carbons (Fsp3) is 0.333. The quantitative estimate of drug-likeness (QED) is 0.431. The monoisotopic (exact) mass is 483 g/mol. The fourth-order valence-electron chi connectivity index (χ4n) is 4.37. The van der Waals surface area contributed by atoms with Crippen LogP contribution >= 0.6 is 22.9 Å². The maximum absolute atomic E-state index is 11.1. The van der Waals surface area contributed by atoms with Crippen LogP contribution < -0.4 is 9.64 Å². The van der Waals surface area contributed by atoms with Crippen LogP contribution in [-0.2, 0) is 6.42 Å². The summed E-state index contributed by atoms with van der Waals surface area (Å²) in [5, 5.41) is 16.3. The first-order chi connectivity index (χ1) is 16.1. The number of halogens is 1. The molecule has 1 saturated heterocycles. The second kappa shape index (κ2) is 9.21. The minimum absolute atomic E-state index is 0.125. The number of aromatic nitrogens is 3. The summed E-state index contributed by atoms with van der Waals surface area (Å²) in [4.78, 5) is 10.9. The standard InChI is InChI=1S/C24H26ClN5O2S/c1-3-20-26-24-30(27-20)23(31)22(33-24)21(16-6-4-9-19(14-16)32-2)29-12-10-28(11-13-29)18-8-5-7-17(25)15-18/h4-9,14-15,21,31H,3,10-13H2,1-2H3/t21-/m1/s1. The number of hydrogen-bond donors (Lipinski definition) is 1. The molecule has 2 aromatic heterocycles. The van der Waals surface area contributed by atoms with E-state index in [1.807, 2.05) is 43.3 Å². The zero-order valence-corrected chi connectivity index (χ0v) is 20.2. The Labute approximate surface area is 201 Å². The van der Waals surface area contributed by atoms with Crippen LogP contribution in [0, 0.1) is 0 Å². The predicted octanol–water partition coefficient (Wildman–Crippen LogP) is 4.63. The van der Waals surface area contributed by atoms with Crippen molar-refractivity contribution in [3.63, 3.8) is 0 Å². The molecule has 7 nitrogen and oxygen atoms in total. The van der Waals surface area contributed by atoms with E-state index in [4.69, 9.17) is 16.3 Å². The first kappa shape index (κ1) is 22.0. The van der Waals surface area contributed by atoms with E-state index in [-0.39, 0.29) is 11.9 Å². The molecule has 0 amide bonds. The molecule has 1 N–H and O–H groups in total. The summed E-state index contributed by atoms with van der Waals surface area (Å²) in [5.74, 6) is 1.69. The summed E-state index contributed by atoms with van der Waals surface area (Å²) in [6.45, 7) is 5.41. The molecule has 0 spiro atoms. The topological polar surface area (TPSA) is 66.1 Å². The molecule has 0 bridgehead atoms. The van der Waals surface area contributed by atoms with Gasteiger partial charge in [-0.1, -0.05) is 48.1 Å². The number of thiazole rings is 1. The second-order valence-corrected chi connectivity index (χ2v) is 9.49. The molecule has 33 heavy (non-hydrogen) atoms. The van der Waals surface area contributed by atoms with Gasteiger partial charge in [0, 0.05) is 43.3 Å². The number of nitrogens with zero attached hydrogens (tertiary/aromatic N) is 5. The van der Waals surface area contributed by atoms with Gasteiger partial charge in [0.05, 0.1) is 18.0 Å². The minimum Gasteiger partial charge on any atom is -0.497 e. The van der Waals surface area contributed by atoms with Crippen molar-refractivity contribution in [2.75, 3.05) is 38.2 Å². The van der Waals surface area contributed by atoms with Gasteiger partial charge in [0.25, 0.3) is 0 Å². The second-order valence-electron chi connectivity index (χ2n) is 8.05. The van der Waals surface area contributed by atoms with Crippen LogP contribution in [0.3, 0.4) is 0 Å². The van der Waals surface area contributed by atoms with E-state index in [1.165, 1.54) is 11.3 Å². The van der Waals surface area contributed by atoms with Crippen molar-refractivity contribution < 1.29 is 9.84 Å². The minimum atomic E-state index is -0.125. The Morgan fingerprint density at radius 1 is 1.12 bits per heavy atom. The predicted molar refractivity (Wildman–Crippen MR) is 132 cm³/mol. The Balaban J connectivity index is 1.49. The van der Waals surface area contributed by atoms with Crippen molar-refractivity contribution in [1.82, 2.24) is 19.5 Å². The lowest BCUT2D eigenvalue weighted by molar-refractivity contribution is 0.211. The molecule has 1 fully saturated rings. The number of anilines is 1. The highest BCUT2D eigenvalue weighted by Crippen LogP contribution is 2.41. The summed E-state index contributed by atoms with van der Waals surface area (Å²) in [5.41, 5.74) is 2.20. The molecule has 3 heterocycles. The largest absolute Gasteiger partial charge is 0.497 e. The number of hydrogen-bond acceptors (Lipinski definition) is 7. The smallest absolute Gasteiger partial charge is 0.230 e. The van der Waals surface area contributed by atoms with E-state index in [9.17, 15) is 5.11 Å². The van der Waals surface area contributed by atoms with Crippen LogP contribution in [0.25, 0.3) is 4.96 Å². The average molecular weight is 484 g/mol. The molecule has 0 saturated carbocycles. The number of aryl methyl sites for hydroxylation is 1. The third-order valence-electron chi connectivity index (χ3n) is 6.07. The summed E-state index contributed by atoms with van der Waals surface area (Å²) < 4.78 is 7.05. The van der Waals surface area contributed by atoms with Crippen LogP contribution in [0.5, 0.6) is 11.6 Å². The number of piperazine rings is 1. The maximum atomic E-state index is 11.1. The molecule has 2 aromatic carbocycles. The Morgan fingerprint density at radius 3 is 2.61 bits per heavy atom. The van der Waals surface area contributed by atoms with Crippen molar-refractivity contribution in [2.45, 2.75) is 19.4 Å². The van der Waals surface area contributed by atoms with Crippen molar-refractivity contribution in [3.8, 4) is 11.6 Å². The first-order valence-electron chi connectivity index (χ1n) is 11.0. The van der Waals surface area contributed by atoms with Crippen molar-refractivity contribution in [3.05, 3.63) is 69.8 Å². The van der Waals surface area contributed by atoms with Crippen LogP contribution in [0.1, 0.15) is 29.2 Å². The zero-order chi connectivity index (χ0) is 22.9. The first-order valence-corrected chi connectivity index (χ1v) is 12.2. The third-order valence-corrected chi connectivity index (χ3v) is 7.38. The zero-order valence-electron chi connectivity index (χ0n) is 18.6. The van der Waals surface area contributed by atoms with Gasteiger partial charge in [-0.15, -0.1) is 5.10 Å². The van der Waals surface area contributed by atoms with Gasteiger partial charge < -0.3 is 14.7 Å². The maximum Gasteiger partial charge on any atom is 0.230 e. The van der Waals surface area contributed by atoms with Gasteiger partial charge in [0.15, 0.2) is 5.82 Å². The number of fused-ring (bicyclic) bond motifs is 1. The van der Waals surface area contributed by atoms with Gasteiger partial charge in [-0.2, -0.15) is 4.52 Å². The average Bonchev–Trinajstić information content (AvgIpc) is 3.39. The highest BCUT2D eigenvalue weighted by Gasteiger charge is 2.32.